The number of benzene rings is 3. The molecule has 1 aliphatic rings. The van der Waals surface area contributed by atoms with Gasteiger partial charge >= 0.3 is 0 Å². The second-order valence-electron chi connectivity index (χ2n) is 7.85. The van der Waals surface area contributed by atoms with Gasteiger partial charge in [-0.2, -0.15) is 0 Å². The van der Waals surface area contributed by atoms with E-state index in [0.717, 1.165) is 11.3 Å². The van der Waals surface area contributed by atoms with E-state index in [-0.39, 0.29) is 17.7 Å². The van der Waals surface area contributed by atoms with E-state index in [1.165, 1.54) is 11.8 Å². The molecule has 0 bridgehead atoms. The number of para-hydroxylation sites is 1. The van der Waals surface area contributed by atoms with E-state index in [1.807, 2.05) is 67.3 Å². The van der Waals surface area contributed by atoms with Gasteiger partial charge in [-0.15, -0.1) is 0 Å². The predicted molar refractivity (Wildman–Crippen MR) is 131 cm³/mol. The highest BCUT2D eigenvalue weighted by atomic mass is 16.2. The largest absolute Gasteiger partial charge is 0.337 e. The van der Waals surface area contributed by atoms with Gasteiger partial charge in [-0.1, -0.05) is 42.5 Å². The minimum absolute atomic E-state index is 0.179. The molecule has 6 heteroatoms. The lowest BCUT2D eigenvalue weighted by Crippen LogP contribution is -2.35. The summed E-state index contributed by atoms with van der Waals surface area (Å²) in [5.41, 5.74) is 4.23. The first-order valence-electron chi connectivity index (χ1n) is 10.8. The van der Waals surface area contributed by atoms with Crippen molar-refractivity contribution in [2.45, 2.75) is 20.8 Å². The maximum absolute atomic E-state index is 13.7. The van der Waals surface area contributed by atoms with Gasteiger partial charge in [0.15, 0.2) is 0 Å². The van der Waals surface area contributed by atoms with Gasteiger partial charge in [-0.05, 0) is 61.4 Å². The molecule has 0 atom stereocenters. The summed E-state index contributed by atoms with van der Waals surface area (Å²) in [5, 5.41) is 2.73. The van der Waals surface area contributed by atoms with E-state index < -0.39 is 0 Å². The number of nitrogens with zero attached hydrogens (tertiary/aromatic N) is 2. The monoisotopic (exact) mass is 439 g/mol. The zero-order chi connectivity index (χ0) is 23.5. The maximum atomic E-state index is 13.7. The number of hydrogen-bond acceptors (Lipinski definition) is 4. The Bertz CT molecular complexity index is 1250. The van der Waals surface area contributed by atoms with Crippen LogP contribution in [0.4, 0.5) is 17.1 Å². The molecule has 0 aromatic heterocycles. The smallest absolute Gasteiger partial charge is 0.282 e. The van der Waals surface area contributed by atoms with Crippen LogP contribution in [0.25, 0.3) is 5.57 Å². The Morgan fingerprint density at radius 3 is 2.21 bits per heavy atom. The Morgan fingerprint density at radius 1 is 0.909 bits per heavy atom. The van der Waals surface area contributed by atoms with E-state index in [0.29, 0.717) is 34.8 Å². The molecule has 4 rings (SSSR count). The van der Waals surface area contributed by atoms with Crippen LogP contribution in [0.15, 0.2) is 84.6 Å². The van der Waals surface area contributed by atoms with E-state index in [9.17, 15) is 14.4 Å². The standard InChI is InChI=1S/C27H25N3O3/c1-4-29(22-10-6-5-7-11-22)25-24(20-13-15-21(16-14-20)28-19(3)31)26(32)30(27(25)33)23-12-8-9-18(2)17-23/h5-17H,4H2,1-3H3,(H,28,31). The summed E-state index contributed by atoms with van der Waals surface area (Å²) < 4.78 is 0. The Labute approximate surface area is 193 Å². The minimum atomic E-state index is -0.373. The predicted octanol–water partition coefficient (Wildman–Crippen LogP) is 4.76. The number of aryl methyl sites for hydroxylation is 1. The van der Waals surface area contributed by atoms with Crippen molar-refractivity contribution in [3.05, 3.63) is 95.7 Å². The molecule has 3 aromatic carbocycles. The summed E-state index contributed by atoms with van der Waals surface area (Å²) in [7, 11) is 0. The molecule has 0 saturated carbocycles. The maximum Gasteiger partial charge on any atom is 0.282 e. The van der Waals surface area contributed by atoms with E-state index in [1.54, 1.807) is 30.3 Å². The molecule has 0 unspecified atom stereocenters. The zero-order valence-electron chi connectivity index (χ0n) is 18.8. The van der Waals surface area contributed by atoms with Gasteiger partial charge in [0.25, 0.3) is 11.8 Å². The van der Waals surface area contributed by atoms with Crippen LogP contribution in [0.5, 0.6) is 0 Å². The molecule has 0 saturated heterocycles. The first-order valence-corrected chi connectivity index (χ1v) is 10.8. The Balaban J connectivity index is 1.87. The van der Waals surface area contributed by atoms with Crippen LogP contribution in [-0.2, 0) is 14.4 Å². The van der Waals surface area contributed by atoms with Crippen molar-refractivity contribution >= 4 is 40.4 Å². The number of nitrogens with one attached hydrogen (secondary N) is 1. The normalized spacial score (nSPS) is 13.5. The summed E-state index contributed by atoms with van der Waals surface area (Å²) >= 11 is 0. The minimum Gasteiger partial charge on any atom is -0.337 e. The first kappa shape index (κ1) is 22.0. The number of amides is 3. The van der Waals surface area contributed by atoms with E-state index >= 15 is 0 Å². The molecule has 0 fully saturated rings. The topological polar surface area (TPSA) is 69.7 Å². The lowest BCUT2D eigenvalue weighted by molar-refractivity contribution is -0.120. The summed E-state index contributed by atoms with van der Waals surface area (Å²) in [5.74, 6) is -0.916. The fraction of sp³-hybridized carbons (Fsp3) is 0.148. The first-order chi connectivity index (χ1) is 15.9. The van der Waals surface area contributed by atoms with Gasteiger partial charge in [0.2, 0.25) is 5.91 Å². The van der Waals surface area contributed by atoms with Crippen molar-refractivity contribution in [3.63, 3.8) is 0 Å². The molecular formula is C27H25N3O3. The lowest BCUT2D eigenvalue weighted by atomic mass is 10.0. The van der Waals surface area contributed by atoms with Gasteiger partial charge < -0.3 is 10.2 Å². The number of hydrogen-bond donors (Lipinski definition) is 1. The summed E-state index contributed by atoms with van der Waals surface area (Å²) in [6, 6.07) is 23.9. The number of imide groups is 1. The number of anilines is 3. The molecule has 1 aliphatic heterocycles. The van der Waals surface area contributed by atoms with Crippen molar-refractivity contribution in [2.75, 3.05) is 21.7 Å². The van der Waals surface area contributed by atoms with Crippen LogP contribution in [0.3, 0.4) is 0 Å². The molecule has 6 nitrogen and oxygen atoms in total. The number of carbonyl (C=O) groups is 3. The number of likely N-dealkylation sites (N-methyl/N-ethyl adjacent to an activating group) is 1. The van der Waals surface area contributed by atoms with Crippen molar-refractivity contribution in [1.82, 2.24) is 0 Å². The van der Waals surface area contributed by atoms with Crippen LogP contribution in [0.2, 0.25) is 0 Å². The number of carbonyl (C=O) groups excluding carboxylic acids is 3. The van der Waals surface area contributed by atoms with Gasteiger partial charge in [0.1, 0.15) is 5.70 Å². The van der Waals surface area contributed by atoms with E-state index in [2.05, 4.69) is 5.32 Å². The molecule has 0 spiro atoms. The lowest BCUT2D eigenvalue weighted by Gasteiger charge is -2.25. The molecule has 0 aliphatic carbocycles. The molecule has 1 heterocycles. The van der Waals surface area contributed by atoms with Crippen molar-refractivity contribution in [3.8, 4) is 0 Å². The molecule has 166 valence electrons. The molecule has 0 radical (unpaired) electrons. The second-order valence-corrected chi connectivity index (χ2v) is 7.85. The van der Waals surface area contributed by atoms with Crippen LogP contribution >= 0.6 is 0 Å². The summed E-state index contributed by atoms with van der Waals surface area (Å²) in [6.45, 7) is 5.82. The quantitative estimate of drug-likeness (QED) is 0.562. The zero-order valence-corrected chi connectivity index (χ0v) is 18.8. The van der Waals surface area contributed by atoms with Crippen LogP contribution in [-0.4, -0.2) is 24.3 Å². The van der Waals surface area contributed by atoms with Gasteiger partial charge in [0.05, 0.1) is 11.3 Å². The molecular weight excluding hydrogens is 414 g/mol. The van der Waals surface area contributed by atoms with E-state index in [4.69, 9.17) is 0 Å². The van der Waals surface area contributed by atoms with Gasteiger partial charge in [-0.25, -0.2) is 4.90 Å². The van der Waals surface area contributed by atoms with Gasteiger partial charge in [0, 0.05) is 24.8 Å². The highest BCUT2D eigenvalue weighted by Crippen LogP contribution is 2.37. The third kappa shape index (κ3) is 4.28. The fourth-order valence-corrected chi connectivity index (χ4v) is 4.03. The number of rotatable bonds is 6. The van der Waals surface area contributed by atoms with Crippen molar-refractivity contribution in [1.29, 1.82) is 0 Å². The Morgan fingerprint density at radius 2 is 1.61 bits per heavy atom. The fourth-order valence-electron chi connectivity index (χ4n) is 4.03. The second kappa shape index (κ2) is 9.12. The average Bonchev–Trinajstić information content (AvgIpc) is 3.05. The average molecular weight is 440 g/mol. The van der Waals surface area contributed by atoms with Crippen molar-refractivity contribution < 1.29 is 14.4 Å². The molecule has 33 heavy (non-hydrogen) atoms. The molecule has 3 amide bonds. The SMILES string of the molecule is CCN(C1=C(c2ccc(NC(C)=O)cc2)C(=O)N(c2cccc(C)c2)C1=O)c1ccccc1. The van der Waals surface area contributed by atoms with Crippen LogP contribution in [0, 0.1) is 6.92 Å². The van der Waals surface area contributed by atoms with Crippen LogP contribution in [0.1, 0.15) is 25.0 Å². The Kier molecular flexibility index (Phi) is 6.09. The summed E-state index contributed by atoms with van der Waals surface area (Å²) in [6.07, 6.45) is 0. The molecule has 3 aromatic rings. The van der Waals surface area contributed by atoms with Crippen molar-refractivity contribution in [2.24, 2.45) is 0 Å². The van der Waals surface area contributed by atoms with Gasteiger partial charge in [-0.3, -0.25) is 14.4 Å². The third-order valence-corrected chi connectivity index (χ3v) is 5.47. The molecule has 1 N–H and O–H groups in total. The highest BCUT2D eigenvalue weighted by molar-refractivity contribution is 6.46. The highest BCUT2D eigenvalue weighted by Gasteiger charge is 2.42. The van der Waals surface area contributed by atoms with Crippen LogP contribution < -0.4 is 15.1 Å². The summed E-state index contributed by atoms with van der Waals surface area (Å²) in [4.78, 5) is 41.9. The Hall–Kier alpha value is -4.19. The third-order valence-electron chi connectivity index (χ3n) is 5.47.